The molecule has 0 unspecified atom stereocenters. The maximum Gasteiger partial charge on any atom is 0.303 e. The SMILES string of the molecule is CC1(C)C[C@@H]([C@H](CC(=O)O)Cc2ccccc2)CCO1. The predicted octanol–water partition coefficient (Wildman–Crippen LogP) is 3.53. The lowest BCUT2D eigenvalue weighted by molar-refractivity contribution is -0.140. The third-order valence-electron chi connectivity index (χ3n) is 4.18. The molecule has 0 saturated carbocycles. The summed E-state index contributed by atoms with van der Waals surface area (Å²) in [5.74, 6) is -0.0802. The van der Waals surface area contributed by atoms with Crippen molar-refractivity contribution in [3.63, 3.8) is 0 Å². The molecule has 0 spiro atoms. The minimum atomic E-state index is -0.699. The van der Waals surface area contributed by atoms with E-state index in [4.69, 9.17) is 4.74 Å². The van der Waals surface area contributed by atoms with Crippen LogP contribution in [0.5, 0.6) is 0 Å². The molecule has 0 bridgehead atoms. The molecule has 0 radical (unpaired) electrons. The summed E-state index contributed by atoms with van der Waals surface area (Å²) in [5.41, 5.74) is 1.10. The first-order valence-corrected chi connectivity index (χ1v) is 7.36. The standard InChI is InChI=1S/C17H24O3/c1-17(2)12-14(8-9-20-17)15(11-16(18)19)10-13-6-4-3-5-7-13/h3-7,14-15H,8-12H2,1-2H3,(H,18,19)/t14-,15-/m0/s1. The minimum Gasteiger partial charge on any atom is -0.481 e. The van der Waals surface area contributed by atoms with Crippen molar-refractivity contribution in [2.45, 2.75) is 45.1 Å². The van der Waals surface area contributed by atoms with Crippen LogP contribution in [0.15, 0.2) is 30.3 Å². The van der Waals surface area contributed by atoms with Gasteiger partial charge in [0.25, 0.3) is 0 Å². The van der Waals surface area contributed by atoms with Gasteiger partial charge in [0.05, 0.1) is 5.60 Å². The van der Waals surface area contributed by atoms with Crippen LogP contribution in [-0.4, -0.2) is 23.3 Å². The second-order valence-corrected chi connectivity index (χ2v) is 6.41. The number of carboxylic acids is 1. The summed E-state index contributed by atoms with van der Waals surface area (Å²) in [6.07, 6.45) is 3.00. The molecular formula is C17H24O3. The van der Waals surface area contributed by atoms with Crippen molar-refractivity contribution < 1.29 is 14.6 Å². The monoisotopic (exact) mass is 276 g/mol. The summed E-state index contributed by atoms with van der Waals surface area (Å²) in [6, 6.07) is 10.2. The van der Waals surface area contributed by atoms with Crippen molar-refractivity contribution in [3.05, 3.63) is 35.9 Å². The van der Waals surface area contributed by atoms with Crippen LogP contribution in [0.2, 0.25) is 0 Å². The molecule has 1 aliphatic rings. The van der Waals surface area contributed by atoms with Crippen LogP contribution in [0, 0.1) is 11.8 Å². The van der Waals surface area contributed by atoms with Gasteiger partial charge in [-0.2, -0.15) is 0 Å². The van der Waals surface area contributed by atoms with E-state index in [0.29, 0.717) is 5.92 Å². The molecule has 0 amide bonds. The minimum absolute atomic E-state index is 0.129. The van der Waals surface area contributed by atoms with Gasteiger partial charge in [0.2, 0.25) is 0 Å². The van der Waals surface area contributed by atoms with Crippen LogP contribution >= 0.6 is 0 Å². The molecule has 3 nitrogen and oxygen atoms in total. The number of aliphatic carboxylic acids is 1. The van der Waals surface area contributed by atoms with E-state index in [0.717, 1.165) is 25.9 Å². The highest BCUT2D eigenvalue weighted by atomic mass is 16.5. The Kier molecular flexibility index (Phi) is 4.81. The summed E-state index contributed by atoms with van der Waals surface area (Å²) < 4.78 is 5.75. The zero-order chi connectivity index (χ0) is 14.6. The maximum absolute atomic E-state index is 11.2. The Labute approximate surface area is 121 Å². The van der Waals surface area contributed by atoms with Gasteiger partial charge in [-0.3, -0.25) is 4.79 Å². The number of hydrogen-bond donors (Lipinski definition) is 1. The van der Waals surface area contributed by atoms with Gasteiger partial charge < -0.3 is 9.84 Å². The average molecular weight is 276 g/mol. The van der Waals surface area contributed by atoms with Gasteiger partial charge in [-0.1, -0.05) is 30.3 Å². The molecule has 1 aliphatic heterocycles. The van der Waals surface area contributed by atoms with E-state index < -0.39 is 5.97 Å². The van der Waals surface area contributed by atoms with Crippen molar-refractivity contribution in [1.82, 2.24) is 0 Å². The van der Waals surface area contributed by atoms with E-state index in [9.17, 15) is 9.90 Å². The lowest BCUT2D eigenvalue weighted by atomic mass is 9.76. The first kappa shape index (κ1) is 15.0. The van der Waals surface area contributed by atoms with Crippen LogP contribution in [0.4, 0.5) is 0 Å². The van der Waals surface area contributed by atoms with Crippen molar-refractivity contribution in [2.75, 3.05) is 6.61 Å². The zero-order valence-corrected chi connectivity index (χ0v) is 12.3. The van der Waals surface area contributed by atoms with Crippen LogP contribution in [0.25, 0.3) is 0 Å². The number of benzene rings is 1. The summed E-state index contributed by atoms with van der Waals surface area (Å²) >= 11 is 0. The number of carbonyl (C=O) groups is 1. The molecular weight excluding hydrogens is 252 g/mol. The Morgan fingerprint density at radius 1 is 1.40 bits per heavy atom. The van der Waals surface area contributed by atoms with E-state index in [1.54, 1.807) is 0 Å². The van der Waals surface area contributed by atoms with Crippen LogP contribution < -0.4 is 0 Å². The van der Waals surface area contributed by atoms with Crippen LogP contribution in [0.1, 0.15) is 38.7 Å². The third kappa shape index (κ3) is 4.34. The highest BCUT2D eigenvalue weighted by Crippen LogP contribution is 2.36. The highest BCUT2D eigenvalue weighted by Gasteiger charge is 2.34. The van der Waals surface area contributed by atoms with Gasteiger partial charge in [-0.15, -0.1) is 0 Å². The quantitative estimate of drug-likeness (QED) is 0.895. The lowest BCUT2D eigenvalue weighted by Gasteiger charge is -2.39. The van der Waals surface area contributed by atoms with Crippen molar-refractivity contribution in [3.8, 4) is 0 Å². The van der Waals surface area contributed by atoms with E-state index in [1.807, 2.05) is 18.2 Å². The fourth-order valence-electron chi connectivity index (χ4n) is 3.23. The number of rotatable bonds is 5. The molecule has 110 valence electrons. The smallest absolute Gasteiger partial charge is 0.303 e. The topological polar surface area (TPSA) is 46.5 Å². The van der Waals surface area contributed by atoms with E-state index >= 15 is 0 Å². The van der Waals surface area contributed by atoms with Crippen LogP contribution in [0.3, 0.4) is 0 Å². The van der Waals surface area contributed by atoms with Crippen molar-refractivity contribution in [1.29, 1.82) is 0 Å². The second kappa shape index (κ2) is 6.40. The van der Waals surface area contributed by atoms with Crippen LogP contribution in [-0.2, 0) is 16.0 Å². The van der Waals surface area contributed by atoms with E-state index in [2.05, 4.69) is 26.0 Å². The Bertz CT molecular complexity index is 439. The van der Waals surface area contributed by atoms with Gasteiger partial charge in [0, 0.05) is 13.0 Å². The Balaban J connectivity index is 2.08. The van der Waals surface area contributed by atoms with Gasteiger partial charge in [-0.05, 0) is 50.5 Å². The van der Waals surface area contributed by atoms with Crippen molar-refractivity contribution >= 4 is 5.97 Å². The summed E-state index contributed by atoms with van der Waals surface area (Å²) in [5, 5.41) is 9.19. The molecule has 20 heavy (non-hydrogen) atoms. The second-order valence-electron chi connectivity index (χ2n) is 6.41. The van der Waals surface area contributed by atoms with Gasteiger partial charge in [0.15, 0.2) is 0 Å². The molecule has 3 heteroatoms. The molecule has 1 heterocycles. The number of hydrogen-bond acceptors (Lipinski definition) is 2. The van der Waals surface area contributed by atoms with Crippen molar-refractivity contribution in [2.24, 2.45) is 11.8 Å². The molecule has 2 atom stereocenters. The summed E-state index contributed by atoms with van der Waals surface area (Å²) in [4.78, 5) is 11.2. The van der Waals surface area contributed by atoms with Gasteiger partial charge in [-0.25, -0.2) is 0 Å². The van der Waals surface area contributed by atoms with Gasteiger partial charge >= 0.3 is 5.97 Å². The fraction of sp³-hybridized carbons (Fsp3) is 0.588. The first-order valence-electron chi connectivity index (χ1n) is 7.36. The highest BCUT2D eigenvalue weighted by molar-refractivity contribution is 5.67. The molecule has 0 aromatic heterocycles. The third-order valence-corrected chi connectivity index (χ3v) is 4.18. The normalized spacial score (nSPS) is 23.2. The number of carboxylic acid groups (broad SMARTS) is 1. The van der Waals surface area contributed by atoms with E-state index in [1.165, 1.54) is 5.56 Å². The predicted molar refractivity (Wildman–Crippen MR) is 78.6 cm³/mol. The summed E-state index contributed by atoms with van der Waals surface area (Å²) in [7, 11) is 0. The molecule has 0 aliphatic carbocycles. The average Bonchev–Trinajstić information content (AvgIpc) is 2.37. The maximum atomic E-state index is 11.2. The lowest BCUT2D eigenvalue weighted by Crippen LogP contribution is -2.37. The molecule has 1 aromatic carbocycles. The molecule has 2 rings (SSSR count). The van der Waals surface area contributed by atoms with E-state index in [-0.39, 0.29) is 17.9 Å². The Morgan fingerprint density at radius 3 is 2.70 bits per heavy atom. The summed E-state index contributed by atoms with van der Waals surface area (Å²) in [6.45, 7) is 4.93. The fourth-order valence-corrected chi connectivity index (χ4v) is 3.23. The largest absolute Gasteiger partial charge is 0.481 e. The molecule has 1 fully saturated rings. The zero-order valence-electron chi connectivity index (χ0n) is 12.3. The Morgan fingerprint density at radius 2 is 2.10 bits per heavy atom. The molecule has 1 aromatic rings. The molecule has 1 saturated heterocycles. The number of ether oxygens (including phenoxy) is 1. The Hall–Kier alpha value is -1.35. The first-order chi connectivity index (χ1) is 9.46. The molecule has 1 N–H and O–H groups in total. The van der Waals surface area contributed by atoms with Gasteiger partial charge in [0.1, 0.15) is 0 Å².